The zero-order chi connectivity index (χ0) is 14.7. The minimum absolute atomic E-state index is 0.0377. The number of rotatable bonds is 3. The fourth-order valence-corrected chi connectivity index (χ4v) is 1.54. The maximum absolute atomic E-state index is 13.8. The number of aromatic nitrogens is 2. The Morgan fingerprint density at radius 3 is 2.50 bits per heavy atom. The molecule has 1 aromatic carbocycles. The number of carbonyl (C=O) groups excluding carboxylic acids is 1. The van der Waals surface area contributed by atoms with Gasteiger partial charge in [-0.15, -0.1) is 10.2 Å². The molecule has 5 nitrogen and oxygen atoms in total. The third-order valence-corrected chi connectivity index (χ3v) is 2.68. The van der Waals surface area contributed by atoms with Crippen molar-refractivity contribution in [3.63, 3.8) is 0 Å². The van der Waals surface area contributed by atoms with Crippen LogP contribution in [-0.4, -0.2) is 23.2 Å². The highest BCUT2D eigenvalue weighted by Gasteiger charge is 2.16. The first-order chi connectivity index (χ1) is 9.52. The van der Waals surface area contributed by atoms with Gasteiger partial charge in [0.05, 0.1) is 0 Å². The van der Waals surface area contributed by atoms with Crippen LogP contribution in [0.4, 0.5) is 20.3 Å². The van der Waals surface area contributed by atoms with Gasteiger partial charge in [0.25, 0.3) is 5.91 Å². The number of halogens is 2. The lowest BCUT2D eigenvalue weighted by atomic mass is 10.2. The maximum Gasteiger partial charge on any atom is 0.276 e. The van der Waals surface area contributed by atoms with Crippen LogP contribution < -0.4 is 10.6 Å². The maximum atomic E-state index is 13.8. The molecule has 0 fully saturated rings. The van der Waals surface area contributed by atoms with Crippen molar-refractivity contribution in [2.45, 2.75) is 6.92 Å². The number of hydrogen-bond acceptors (Lipinski definition) is 4. The van der Waals surface area contributed by atoms with Crippen molar-refractivity contribution in [3.8, 4) is 0 Å². The molecule has 0 aliphatic heterocycles. The van der Waals surface area contributed by atoms with Gasteiger partial charge in [-0.1, -0.05) is 6.07 Å². The van der Waals surface area contributed by atoms with Crippen LogP contribution in [0.1, 0.15) is 16.1 Å². The third kappa shape index (κ3) is 2.71. The largest absolute Gasteiger partial charge is 0.372 e. The van der Waals surface area contributed by atoms with Crippen LogP contribution in [0.5, 0.6) is 0 Å². The first-order valence-corrected chi connectivity index (χ1v) is 5.80. The Bertz CT molecular complexity index is 644. The second kappa shape index (κ2) is 5.60. The molecule has 0 radical (unpaired) electrons. The molecule has 1 aromatic heterocycles. The molecule has 0 aliphatic rings. The van der Waals surface area contributed by atoms with E-state index in [1.807, 2.05) is 0 Å². The molecule has 1 amide bonds. The van der Waals surface area contributed by atoms with Crippen LogP contribution in [0.25, 0.3) is 0 Å². The minimum Gasteiger partial charge on any atom is -0.372 e. The Kier molecular flexibility index (Phi) is 3.88. The van der Waals surface area contributed by atoms with E-state index in [0.717, 1.165) is 6.07 Å². The lowest BCUT2D eigenvalue weighted by Crippen LogP contribution is -2.17. The number of nitrogens with one attached hydrogen (secondary N) is 2. The van der Waals surface area contributed by atoms with Gasteiger partial charge in [-0.3, -0.25) is 4.79 Å². The number of amides is 1. The Morgan fingerprint density at radius 2 is 1.90 bits per heavy atom. The summed E-state index contributed by atoms with van der Waals surface area (Å²) in [6, 6.07) is 5.32. The van der Waals surface area contributed by atoms with Gasteiger partial charge >= 0.3 is 0 Å². The van der Waals surface area contributed by atoms with E-state index in [-0.39, 0.29) is 11.3 Å². The molecule has 0 aliphatic carbocycles. The lowest BCUT2D eigenvalue weighted by molar-refractivity contribution is 0.102. The summed E-state index contributed by atoms with van der Waals surface area (Å²) in [5, 5.41) is 12.3. The molecule has 2 N–H and O–H groups in total. The van der Waals surface area contributed by atoms with Crippen molar-refractivity contribution in [1.29, 1.82) is 0 Å². The van der Waals surface area contributed by atoms with Gasteiger partial charge in [-0.2, -0.15) is 0 Å². The van der Waals surface area contributed by atoms with E-state index in [0.29, 0.717) is 5.82 Å². The van der Waals surface area contributed by atoms with Crippen molar-refractivity contribution < 1.29 is 13.6 Å². The van der Waals surface area contributed by atoms with Gasteiger partial charge in [-0.05, 0) is 30.7 Å². The van der Waals surface area contributed by atoms with Gasteiger partial charge in [-0.25, -0.2) is 8.78 Å². The molecule has 0 bridgehead atoms. The fraction of sp³-hybridized carbons (Fsp3) is 0.154. The predicted octanol–water partition coefficient (Wildman–Crippen LogP) is 2.36. The average Bonchev–Trinajstić information content (AvgIpc) is 2.47. The third-order valence-electron chi connectivity index (χ3n) is 2.68. The molecule has 1 heterocycles. The molecule has 104 valence electrons. The number of anilines is 2. The number of hydrogen-bond donors (Lipinski definition) is 2. The summed E-state index contributed by atoms with van der Waals surface area (Å²) in [5.74, 6) is -1.91. The molecule has 0 unspecified atom stereocenters. The monoisotopic (exact) mass is 278 g/mol. The van der Waals surface area contributed by atoms with Gasteiger partial charge in [0.2, 0.25) is 0 Å². The molecular formula is C13H12F2N4O. The van der Waals surface area contributed by atoms with Crippen molar-refractivity contribution >= 4 is 17.4 Å². The van der Waals surface area contributed by atoms with Crippen molar-refractivity contribution in [2.24, 2.45) is 0 Å². The summed E-state index contributed by atoms with van der Waals surface area (Å²) in [7, 11) is 1.65. The molecule has 2 rings (SSSR count). The van der Waals surface area contributed by atoms with Crippen LogP contribution in [-0.2, 0) is 0 Å². The van der Waals surface area contributed by atoms with Crippen molar-refractivity contribution in [2.75, 3.05) is 17.7 Å². The molecule has 0 spiro atoms. The molecule has 0 saturated carbocycles. The minimum atomic E-state index is -0.846. The first-order valence-electron chi connectivity index (χ1n) is 5.80. The fourth-order valence-electron chi connectivity index (χ4n) is 1.54. The molecule has 0 saturated heterocycles. The second-order valence-electron chi connectivity index (χ2n) is 4.06. The highest BCUT2D eigenvalue weighted by atomic mass is 19.1. The van der Waals surface area contributed by atoms with Gasteiger partial charge in [0.1, 0.15) is 17.3 Å². The number of benzene rings is 1. The summed E-state index contributed by atoms with van der Waals surface area (Å²) in [6.45, 7) is 1.48. The van der Waals surface area contributed by atoms with E-state index in [9.17, 15) is 13.6 Å². The van der Waals surface area contributed by atoms with E-state index in [2.05, 4.69) is 20.8 Å². The number of carbonyl (C=O) groups is 1. The molecule has 0 atom stereocenters. The first kappa shape index (κ1) is 13.9. The quantitative estimate of drug-likeness (QED) is 0.904. The molecular weight excluding hydrogens is 266 g/mol. The van der Waals surface area contributed by atoms with E-state index < -0.39 is 23.2 Å². The Morgan fingerprint density at radius 1 is 1.15 bits per heavy atom. The normalized spacial score (nSPS) is 10.2. The second-order valence-corrected chi connectivity index (χ2v) is 4.06. The van der Waals surface area contributed by atoms with E-state index in [1.165, 1.54) is 25.1 Å². The van der Waals surface area contributed by atoms with E-state index in [1.54, 1.807) is 7.05 Å². The number of nitrogens with zero attached hydrogens (tertiary/aromatic N) is 2. The summed E-state index contributed by atoms with van der Waals surface area (Å²) in [6.07, 6.45) is 0. The zero-order valence-electron chi connectivity index (χ0n) is 10.9. The average molecular weight is 278 g/mol. The lowest BCUT2D eigenvalue weighted by Gasteiger charge is -2.08. The summed E-state index contributed by atoms with van der Waals surface area (Å²) < 4.78 is 27.3. The molecule has 2 aromatic rings. The van der Waals surface area contributed by atoms with Gasteiger partial charge in [0, 0.05) is 7.05 Å². The molecule has 20 heavy (non-hydrogen) atoms. The van der Waals surface area contributed by atoms with Gasteiger partial charge in [0.15, 0.2) is 11.5 Å². The topological polar surface area (TPSA) is 66.9 Å². The van der Waals surface area contributed by atoms with Crippen molar-refractivity contribution in [1.82, 2.24) is 10.2 Å². The summed E-state index contributed by atoms with van der Waals surface area (Å²) in [4.78, 5) is 11.9. The van der Waals surface area contributed by atoms with Gasteiger partial charge < -0.3 is 10.6 Å². The predicted molar refractivity (Wildman–Crippen MR) is 70.6 cm³/mol. The smallest absolute Gasteiger partial charge is 0.276 e. The Labute approximate surface area is 114 Å². The van der Waals surface area contributed by atoms with Crippen LogP contribution in [0.3, 0.4) is 0 Å². The molecule has 7 heteroatoms. The van der Waals surface area contributed by atoms with E-state index in [4.69, 9.17) is 0 Å². The van der Waals surface area contributed by atoms with Crippen LogP contribution in [0.2, 0.25) is 0 Å². The van der Waals surface area contributed by atoms with Crippen LogP contribution in [0.15, 0.2) is 24.3 Å². The highest BCUT2D eigenvalue weighted by molar-refractivity contribution is 6.03. The van der Waals surface area contributed by atoms with Crippen LogP contribution in [0, 0.1) is 18.6 Å². The zero-order valence-corrected chi connectivity index (χ0v) is 10.9. The standard InChI is InChI=1S/C13H12F2N4O/c1-7-3-4-8(14)12(11(7)15)17-13(20)9-5-6-10(16-2)19-18-9/h3-6H,1-2H3,(H,16,19)(H,17,20). The summed E-state index contributed by atoms with van der Waals surface area (Å²) >= 11 is 0. The van der Waals surface area contributed by atoms with E-state index >= 15 is 0 Å². The Hall–Kier alpha value is -2.57. The number of aryl methyl sites for hydroxylation is 1. The highest BCUT2D eigenvalue weighted by Crippen LogP contribution is 2.22. The van der Waals surface area contributed by atoms with Crippen LogP contribution >= 0.6 is 0 Å². The van der Waals surface area contributed by atoms with Crippen molar-refractivity contribution in [3.05, 3.63) is 47.2 Å². The SMILES string of the molecule is CNc1ccc(C(=O)Nc2c(F)ccc(C)c2F)nn1. The summed E-state index contributed by atoms with van der Waals surface area (Å²) in [5.41, 5.74) is -0.294. The Balaban J connectivity index is 2.25.